The molecular formula is C17H18N4O3. The highest BCUT2D eigenvalue weighted by Gasteiger charge is 2.20. The number of hydrogen-bond acceptors (Lipinski definition) is 6. The van der Waals surface area contributed by atoms with E-state index in [1.165, 1.54) is 0 Å². The predicted octanol–water partition coefficient (Wildman–Crippen LogP) is 2.59. The minimum Gasteiger partial charge on any atom is -0.481 e. The van der Waals surface area contributed by atoms with Crippen molar-refractivity contribution in [1.29, 1.82) is 0 Å². The minimum absolute atomic E-state index is 0.117. The molecule has 0 aliphatic carbocycles. The van der Waals surface area contributed by atoms with Crippen LogP contribution in [0.25, 0.3) is 22.2 Å². The van der Waals surface area contributed by atoms with Gasteiger partial charge in [0.05, 0.1) is 31.2 Å². The fraction of sp³-hybridized carbons (Fsp3) is 0.353. The van der Waals surface area contributed by atoms with E-state index < -0.39 is 0 Å². The summed E-state index contributed by atoms with van der Waals surface area (Å²) in [6.45, 7) is 1.45. The molecule has 1 saturated heterocycles. The summed E-state index contributed by atoms with van der Waals surface area (Å²) in [5.74, 6) is 1.14. The molecule has 0 bridgehead atoms. The number of aromatic nitrogens is 4. The molecule has 0 saturated carbocycles. The van der Waals surface area contributed by atoms with Gasteiger partial charge in [-0.15, -0.1) is 0 Å². The quantitative estimate of drug-likeness (QED) is 0.793. The van der Waals surface area contributed by atoms with Crippen molar-refractivity contribution < 1.29 is 14.2 Å². The van der Waals surface area contributed by atoms with Crippen molar-refractivity contribution in [2.75, 3.05) is 20.3 Å². The average Bonchev–Trinajstić information content (AvgIpc) is 3.08. The Kier molecular flexibility index (Phi) is 4.00. The highest BCUT2D eigenvalue weighted by Crippen LogP contribution is 2.33. The van der Waals surface area contributed by atoms with E-state index in [0.29, 0.717) is 11.8 Å². The van der Waals surface area contributed by atoms with Gasteiger partial charge in [0.2, 0.25) is 11.8 Å². The van der Waals surface area contributed by atoms with Crippen molar-refractivity contribution in [3.8, 4) is 23.0 Å². The molecule has 0 unspecified atom stereocenters. The smallest absolute Gasteiger partial charge is 0.225 e. The molecule has 0 atom stereocenters. The number of H-pyrrole nitrogens is 1. The summed E-state index contributed by atoms with van der Waals surface area (Å²) in [5.41, 5.74) is 2.57. The molecule has 4 rings (SSSR count). The standard InChI is InChI=1S/C17H18N4O3/c1-22-14-10-11(2-6-18-14)16-15-13(20-21-16)3-7-19-17(15)24-12-4-8-23-9-5-12/h2-3,6-7,10,12H,4-5,8-9H2,1H3,(H,20,21). The van der Waals surface area contributed by atoms with Crippen LogP contribution in [-0.2, 0) is 4.74 Å². The number of rotatable bonds is 4. The van der Waals surface area contributed by atoms with Crippen molar-refractivity contribution in [1.82, 2.24) is 20.2 Å². The zero-order chi connectivity index (χ0) is 16.4. The van der Waals surface area contributed by atoms with E-state index in [-0.39, 0.29) is 6.10 Å². The molecule has 1 N–H and O–H groups in total. The molecule has 3 aromatic rings. The van der Waals surface area contributed by atoms with E-state index in [0.717, 1.165) is 48.2 Å². The molecule has 0 radical (unpaired) electrons. The van der Waals surface area contributed by atoms with E-state index in [1.54, 1.807) is 19.5 Å². The summed E-state index contributed by atoms with van der Waals surface area (Å²) in [6, 6.07) is 5.63. The van der Waals surface area contributed by atoms with Crippen molar-refractivity contribution in [3.63, 3.8) is 0 Å². The number of nitrogens with one attached hydrogen (secondary N) is 1. The maximum Gasteiger partial charge on any atom is 0.225 e. The number of aromatic amines is 1. The van der Waals surface area contributed by atoms with Gasteiger partial charge in [0.1, 0.15) is 11.8 Å². The fourth-order valence-corrected chi connectivity index (χ4v) is 2.85. The van der Waals surface area contributed by atoms with Crippen molar-refractivity contribution in [3.05, 3.63) is 30.6 Å². The number of methoxy groups -OCH3 is 1. The van der Waals surface area contributed by atoms with Crippen LogP contribution in [0.1, 0.15) is 12.8 Å². The lowest BCUT2D eigenvalue weighted by Crippen LogP contribution is -2.26. The molecule has 1 aliphatic heterocycles. The first-order chi connectivity index (χ1) is 11.8. The molecule has 1 aliphatic rings. The largest absolute Gasteiger partial charge is 0.481 e. The number of hydrogen-bond donors (Lipinski definition) is 1. The third kappa shape index (κ3) is 2.78. The highest BCUT2D eigenvalue weighted by molar-refractivity contribution is 5.96. The summed E-state index contributed by atoms with van der Waals surface area (Å²) in [5, 5.41) is 8.36. The van der Waals surface area contributed by atoms with Gasteiger partial charge in [0.15, 0.2) is 0 Å². The van der Waals surface area contributed by atoms with Gasteiger partial charge in [-0.05, 0) is 12.1 Å². The molecular weight excluding hydrogens is 308 g/mol. The molecule has 7 heteroatoms. The molecule has 0 aromatic carbocycles. The number of fused-ring (bicyclic) bond motifs is 1. The average molecular weight is 326 g/mol. The van der Waals surface area contributed by atoms with Gasteiger partial charge in [-0.25, -0.2) is 9.97 Å². The molecule has 3 aromatic heterocycles. The third-order valence-corrected chi connectivity index (χ3v) is 4.11. The van der Waals surface area contributed by atoms with Gasteiger partial charge in [0, 0.05) is 36.9 Å². The molecule has 0 spiro atoms. The lowest BCUT2D eigenvalue weighted by molar-refractivity contribution is 0.0244. The Morgan fingerprint density at radius 1 is 1.17 bits per heavy atom. The first-order valence-corrected chi connectivity index (χ1v) is 7.93. The molecule has 7 nitrogen and oxygen atoms in total. The lowest BCUT2D eigenvalue weighted by atomic mass is 10.1. The second-order valence-corrected chi connectivity index (χ2v) is 5.63. The van der Waals surface area contributed by atoms with Gasteiger partial charge in [-0.3, -0.25) is 5.10 Å². The van der Waals surface area contributed by atoms with Crippen LogP contribution in [0.15, 0.2) is 30.6 Å². The molecule has 24 heavy (non-hydrogen) atoms. The van der Waals surface area contributed by atoms with Gasteiger partial charge < -0.3 is 14.2 Å². The highest BCUT2D eigenvalue weighted by atomic mass is 16.5. The molecule has 4 heterocycles. The van der Waals surface area contributed by atoms with Crippen LogP contribution in [0.5, 0.6) is 11.8 Å². The van der Waals surface area contributed by atoms with Crippen LogP contribution in [0.3, 0.4) is 0 Å². The normalized spacial score (nSPS) is 15.5. The Balaban J connectivity index is 1.76. The van der Waals surface area contributed by atoms with Gasteiger partial charge in [-0.1, -0.05) is 0 Å². The number of ether oxygens (including phenoxy) is 3. The summed E-state index contributed by atoms with van der Waals surface area (Å²) in [4.78, 5) is 8.57. The Bertz CT molecular complexity index is 843. The summed E-state index contributed by atoms with van der Waals surface area (Å²) in [6.07, 6.45) is 5.28. The molecule has 0 amide bonds. The van der Waals surface area contributed by atoms with Crippen molar-refractivity contribution in [2.24, 2.45) is 0 Å². The fourth-order valence-electron chi connectivity index (χ4n) is 2.85. The van der Waals surface area contributed by atoms with E-state index in [9.17, 15) is 0 Å². The Labute approximate surface area is 139 Å². The topological polar surface area (TPSA) is 82.2 Å². The second-order valence-electron chi connectivity index (χ2n) is 5.63. The summed E-state index contributed by atoms with van der Waals surface area (Å²) in [7, 11) is 1.59. The van der Waals surface area contributed by atoms with E-state index in [1.807, 2.05) is 18.2 Å². The predicted molar refractivity (Wildman–Crippen MR) is 88.1 cm³/mol. The molecule has 1 fully saturated rings. The third-order valence-electron chi connectivity index (χ3n) is 4.11. The van der Waals surface area contributed by atoms with Crippen LogP contribution in [-0.4, -0.2) is 46.6 Å². The maximum atomic E-state index is 6.15. The van der Waals surface area contributed by atoms with E-state index in [4.69, 9.17) is 14.2 Å². The molecule has 124 valence electrons. The Morgan fingerprint density at radius 2 is 2.00 bits per heavy atom. The maximum absolute atomic E-state index is 6.15. The van der Waals surface area contributed by atoms with Crippen molar-refractivity contribution >= 4 is 10.9 Å². The summed E-state index contributed by atoms with van der Waals surface area (Å²) >= 11 is 0. The second kappa shape index (κ2) is 6.45. The minimum atomic E-state index is 0.117. The number of nitrogens with zero attached hydrogens (tertiary/aromatic N) is 3. The van der Waals surface area contributed by atoms with Gasteiger partial charge >= 0.3 is 0 Å². The SMILES string of the molecule is COc1cc(-c2n[nH]c3ccnc(OC4CCOCC4)c23)ccn1. The van der Waals surface area contributed by atoms with Crippen molar-refractivity contribution in [2.45, 2.75) is 18.9 Å². The summed E-state index contributed by atoms with van der Waals surface area (Å²) < 4.78 is 16.7. The van der Waals surface area contributed by atoms with E-state index in [2.05, 4.69) is 20.2 Å². The van der Waals surface area contributed by atoms with Crippen LogP contribution in [0.4, 0.5) is 0 Å². The van der Waals surface area contributed by atoms with Gasteiger partial charge in [0.25, 0.3) is 0 Å². The number of pyridine rings is 2. The Morgan fingerprint density at radius 3 is 2.83 bits per heavy atom. The lowest BCUT2D eigenvalue weighted by Gasteiger charge is -2.23. The van der Waals surface area contributed by atoms with Crippen LogP contribution >= 0.6 is 0 Å². The van der Waals surface area contributed by atoms with Crippen LogP contribution < -0.4 is 9.47 Å². The zero-order valence-electron chi connectivity index (χ0n) is 13.4. The van der Waals surface area contributed by atoms with Crippen LogP contribution in [0.2, 0.25) is 0 Å². The Hall–Kier alpha value is -2.67. The zero-order valence-corrected chi connectivity index (χ0v) is 13.4. The van der Waals surface area contributed by atoms with E-state index >= 15 is 0 Å². The van der Waals surface area contributed by atoms with Crippen LogP contribution in [0, 0.1) is 0 Å². The van der Waals surface area contributed by atoms with Gasteiger partial charge in [-0.2, -0.15) is 5.10 Å². The first-order valence-electron chi connectivity index (χ1n) is 7.93. The first kappa shape index (κ1) is 14.9. The monoisotopic (exact) mass is 326 g/mol.